The molecule has 2 heterocycles. The summed E-state index contributed by atoms with van der Waals surface area (Å²) in [6.45, 7) is 0.685. The Bertz CT molecular complexity index is 931. The molecule has 0 bridgehead atoms. The molecule has 1 aromatic heterocycles. The molecule has 1 saturated heterocycles. The molecule has 118 valence electrons. The fourth-order valence-corrected chi connectivity index (χ4v) is 4.53. The van der Waals surface area contributed by atoms with Gasteiger partial charge in [-0.15, -0.1) is 0 Å². The third kappa shape index (κ3) is 2.36. The van der Waals surface area contributed by atoms with Crippen molar-refractivity contribution in [2.45, 2.75) is 23.8 Å². The van der Waals surface area contributed by atoms with Crippen LogP contribution in [0.3, 0.4) is 0 Å². The molecule has 9 heteroatoms. The molecule has 0 aliphatic carbocycles. The number of hydrogen-bond acceptors (Lipinski definition) is 5. The van der Waals surface area contributed by atoms with Crippen molar-refractivity contribution in [3.63, 3.8) is 0 Å². The number of aromatic amines is 2. The van der Waals surface area contributed by atoms with Gasteiger partial charge in [0.1, 0.15) is 0 Å². The van der Waals surface area contributed by atoms with Gasteiger partial charge in [-0.3, -0.25) is 9.78 Å². The Kier molecular flexibility index (Phi) is 3.63. The zero-order valence-electron chi connectivity index (χ0n) is 11.7. The fourth-order valence-electron chi connectivity index (χ4n) is 2.80. The van der Waals surface area contributed by atoms with E-state index < -0.39 is 21.3 Å². The largest absolute Gasteiger partial charge is 0.329 e. The number of nitrogens with one attached hydrogen (secondary N) is 2. The lowest BCUT2D eigenvalue weighted by molar-refractivity contribution is 0.393. The summed E-state index contributed by atoms with van der Waals surface area (Å²) in [7, 11) is -3.71. The van der Waals surface area contributed by atoms with Gasteiger partial charge in [-0.1, -0.05) is 0 Å². The SMILES string of the molecule is NCC1CCCN1S(=O)(=O)c1ccc2[nH]c(=O)[nH]c(=O)c2c1. The van der Waals surface area contributed by atoms with Crippen LogP contribution in [0.4, 0.5) is 0 Å². The van der Waals surface area contributed by atoms with E-state index in [1.165, 1.54) is 22.5 Å². The monoisotopic (exact) mass is 324 g/mol. The first kappa shape index (κ1) is 14.9. The minimum Gasteiger partial charge on any atom is -0.329 e. The van der Waals surface area contributed by atoms with Gasteiger partial charge in [0, 0.05) is 19.1 Å². The minimum absolute atomic E-state index is 0.0258. The molecule has 1 fully saturated rings. The Labute approximate surface area is 126 Å². The Hall–Kier alpha value is -1.97. The van der Waals surface area contributed by atoms with Gasteiger partial charge in [0.15, 0.2) is 0 Å². The fraction of sp³-hybridized carbons (Fsp3) is 0.385. The zero-order chi connectivity index (χ0) is 15.9. The van der Waals surface area contributed by atoms with Gasteiger partial charge in [-0.25, -0.2) is 13.2 Å². The van der Waals surface area contributed by atoms with Crippen molar-refractivity contribution in [1.82, 2.24) is 14.3 Å². The van der Waals surface area contributed by atoms with Gasteiger partial charge in [-0.2, -0.15) is 4.31 Å². The predicted molar refractivity (Wildman–Crippen MR) is 81.2 cm³/mol. The normalized spacial score (nSPS) is 19.8. The second-order valence-electron chi connectivity index (χ2n) is 5.26. The summed E-state index contributed by atoms with van der Waals surface area (Å²) in [4.78, 5) is 27.6. The van der Waals surface area contributed by atoms with Gasteiger partial charge in [0.05, 0.1) is 15.8 Å². The Morgan fingerprint density at radius 2 is 2.05 bits per heavy atom. The third-order valence-corrected chi connectivity index (χ3v) is 5.86. The van der Waals surface area contributed by atoms with E-state index in [9.17, 15) is 18.0 Å². The van der Waals surface area contributed by atoms with Crippen molar-refractivity contribution in [3.8, 4) is 0 Å². The van der Waals surface area contributed by atoms with Crippen LogP contribution in [-0.2, 0) is 10.0 Å². The van der Waals surface area contributed by atoms with E-state index in [-0.39, 0.29) is 22.9 Å². The predicted octanol–water partition coefficient (Wildman–Crippen LogP) is -0.672. The Morgan fingerprint density at radius 1 is 1.27 bits per heavy atom. The van der Waals surface area contributed by atoms with Gasteiger partial charge < -0.3 is 10.7 Å². The standard InChI is InChI=1S/C13H16N4O4S/c14-7-8-2-1-5-17(8)22(20,21)9-3-4-11-10(6-9)12(18)16-13(19)15-11/h3-4,6,8H,1-2,5,7,14H2,(H2,15,16,18,19). The third-order valence-electron chi connectivity index (χ3n) is 3.91. The van der Waals surface area contributed by atoms with E-state index >= 15 is 0 Å². The lowest BCUT2D eigenvalue weighted by Gasteiger charge is -2.22. The number of fused-ring (bicyclic) bond motifs is 1. The maximum Gasteiger partial charge on any atom is 0.326 e. The highest BCUT2D eigenvalue weighted by Gasteiger charge is 2.34. The molecule has 1 aliphatic heterocycles. The molecular formula is C13H16N4O4S. The molecule has 1 atom stereocenters. The molecule has 1 unspecified atom stereocenters. The summed E-state index contributed by atoms with van der Waals surface area (Å²) >= 11 is 0. The maximum absolute atomic E-state index is 12.7. The van der Waals surface area contributed by atoms with E-state index in [0.29, 0.717) is 12.1 Å². The quantitative estimate of drug-likeness (QED) is 0.689. The van der Waals surface area contributed by atoms with Crippen molar-refractivity contribution < 1.29 is 8.42 Å². The van der Waals surface area contributed by atoms with E-state index in [1.54, 1.807) is 0 Å². The van der Waals surface area contributed by atoms with Crippen LogP contribution in [-0.4, -0.2) is 41.8 Å². The number of hydrogen-bond donors (Lipinski definition) is 3. The first-order valence-electron chi connectivity index (χ1n) is 6.92. The molecular weight excluding hydrogens is 308 g/mol. The smallest absolute Gasteiger partial charge is 0.326 e. The van der Waals surface area contributed by atoms with Crippen LogP contribution in [0, 0.1) is 0 Å². The van der Waals surface area contributed by atoms with Crippen LogP contribution in [0.25, 0.3) is 10.9 Å². The highest BCUT2D eigenvalue weighted by Crippen LogP contribution is 2.26. The molecule has 0 spiro atoms. The number of sulfonamides is 1. The summed E-state index contributed by atoms with van der Waals surface area (Å²) < 4.78 is 26.8. The van der Waals surface area contributed by atoms with Crippen molar-refractivity contribution in [3.05, 3.63) is 39.0 Å². The molecule has 0 saturated carbocycles. The Balaban J connectivity index is 2.14. The number of nitrogens with zero attached hydrogens (tertiary/aromatic N) is 1. The maximum atomic E-state index is 12.7. The lowest BCUT2D eigenvalue weighted by Crippen LogP contribution is -2.39. The summed E-state index contributed by atoms with van der Waals surface area (Å²) in [5, 5.41) is 0.129. The summed E-state index contributed by atoms with van der Waals surface area (Å²) in [5.74, 6) is 0. The summed E-state index contributed by atoms with van der Waals surface area (Å²) in [6.07, 6.45) is 1.50. The van der Waals surface area contributed by atoms with Crippen molar-refractivity contribution >= 4 is 20.9 Å². The van der Waals surface area contributed by atoms with E-state index in [1.807, 2.05) is 0 Å². The van der Waals surface area contributed by atoms with E-state index in [2.05, 4.69) is 9.97 Å². The van der Waals surface area contributed by atoms with Gasteiger partial charge in [0.2, 0.25) is 10.0 Å². The van der Waals surface area contributed by atoms with Crippen LogP contribution in [0.5, 0.6) is 0 Å². The minimum atomic E-state index is -3.71. The number of benzene rings is 1. The van der Waals surface area contributed by atoms with Crippen molar-refractivity contribution in [2.75, 3.05) is 13.1 Å². The van der Waals surface area contributed by atoms with Crippen LogP contribution in [0.1, 0.15) is 12.8 Å². The molecule has 2 aromatic rings. The lowest BCUT2D eigenvalue weighted by atomic mass is 10.2. The highest BCUT2D eigenvalue weighted by molar-refractivity contribution is 7.89. The summed E-state index contributed by atoms with van der Waals surface area (Å²) in [6, 6.07) is 3.88. The number of H-pyrrole nitrogens is 2. The molecule has 1 aliphatic rings. The van der Waals surface area contributed by atoms with Gasteiger partial charge >= 0.3 is 5.69 Å². The average molecular weight is 324 g/mol. The summed E-state index contributed by atoms with van der Waals surface area (Å²) in [5.41, 5.74) is 4.68. The average Bonchev–Trinajstić information content (AvgIpc) is 2.96. The van der Waals surface area contributed by atoms with E-state index in [0.717, 1.165) is 12.8 Å². The van der Waals surface area contributed by atoms with Crippen molar-refractivity contribution in [1.29, 1.82) is 0 Å². The van der Waals surface area contributed by atoms with Crippen LogP contribution in [0.15, 0.2) is 32.7 Å². The van der Waals surface area contributed by atoms with E-state index in [4.69, 9.17) is 5.73 Å². The number of rotatable bonds is 3. The highest BCUT2D eigenvalue weighted by atomic mass is 32.2. The van der Waals surface area contributed by atoms with Crippen molar-refractivity contribution in [2.24, 2.45) is 5.73 Å². The molecule has 4 N–H and O–H groups in total. The molecule has 0 radical (unpaired) electrons. The van der Waals surface area contributed by atoms with Gasteiger partial charge in [0.25, 0.3) is 5.56 Å². The molecule has 22 heavy (non-hydrogen) atoms. The zero-order valence-corrected chi connectivity index (χ0v) is 12.5. The topological polar surface area (TPSA) is 129 Å². The second kappa shape index (κ2) is 5.34. The Morgan fingerprint density at radius 3 is 2.77 bits per heavy atom. The first-order chi connectivity index (χ1) is 10.4. The number of nitrogens with two attached hydrogens (primary N) is 1. The molecule has 8 nitrogen and oxygen atoms in total. The molecule has 0 amide bonds. The molecule has 1 aromatic carbocycles. The first-order valence-corrected chi connectivity index (χ1v) is 8.36. The van der Waals surface area contributed by atoms with Crippen LogP contribution < -0.4 is 17.0 Å². The molecule has 3 rings (SSSR count). The second-order valence-corrected chi connectivity index (χ2v) is 7.15. The van der Waals surface area contributed by atoms with Crippen LogP contribution in [0.2, 0.25) is 0 Å². The van der Waals surface area contributed by atoms with Crippen LogP contribution >= 0.6 is 0 Å². The number of aromatic nitrogens is 2. The van der Waals surface area contributed by atoms with Gasteiger partial charge in [-0.05, 0) is 31.0 Å².